The summed E-state index contributed by atoms with van der Waals surface area (Å²) >= 11 is 0. The minimum Gasteiger partial charge on any atom is -0.371 e. The maximum Gasteiger partial charge on any atom is 0.272 e. The Bertz CT molecular complexity index is 297. The van der Waals surface area contributed by atoms with Crippen LogP contribution in [0.3, 0.4) is 0 Å². The molecule has 2 N–H and O–H groups in total. The molecular weight excluding hydrogens is 128 g/mol. The third-order valence-electron chi connectivity index (χ3n) is 1.10. The molecule has 4 nitrogen and oxygen atoms in total. The van der Waals surface area contributed by atoms with Crippen molar-refractivity contribution in [2.24, 2.45) is 10.7 Å². The van der Waals surface area contributed by atoms with Crippen molar-refractivity contribution in [3.63, 3.8) is 0 Å². The molecule has 1 aliphatic heterocycles. The van der Waals surface area contributed by atoms with Crippen LogP contribution in [0.5, 0.6) is 0 Å². The van der Waals surface area contributed by atoms with Crippen LogP contribution in [0.15, 0.2) is 16.5 Å². The van der Waals surface area contributed by atoms with Gasteiger partial charge in [0.05, 0.1) is 13.0 Å². The Kier molecular flexibility index (Phi) is 1.39. The van der Waals surface area contributed by atoms with Crippen LogP contribution in [0.1, 0.15) is 6.42 Å². The van der Waals surface area contributed by atoms with E-state index in [9.17, 15) is 0 Å². The molecule has 0 aromatic carbocycles. The van der Waals surface area contributed by atoms with Gasteiger partial charge in [-0.3, -0.25) is 4.85 Å². The lowest BCUT2D eigenvalue weighted by atomic mass is 10.3. The first-order chi connectivity index (χ1) is 4.77. The average Bonchev–Trinajstić information content (AvgIpc) is 2.30. The molecule has 0 aromatic heterocycles. The predicted octanol–water partition coefficient (Wildman–Crippen LogP) is 0.755. The first kappa shape index (κ1) is 6.31. The van der Waals surface area contributed by atoms with Crippen LogP contribution in [0.2, 0.25) is 0 Å². The molecule has 0 amide bonds. The van der Waals surface area contributed by atoms with E-state index < -0.39 is 0 Å². The molecule has 0 atom stereocenters. The third-order valence-corrected chi connectivity index (χ3v) is 1.10. The van der Waals surface area contributed by atoms with Gasteiger partial charge in [-0.05, 0) is 0 Å². The van der Waals surface area contributed by atoms with Crippen molar-refractivity contribution in [2.75, 3.05) is 0 Å². The number of rotatable bonds is 0. The van der Waals surface area contributed by atoms with E-state index in [-0.39, 0.29) is 5.82 Å². The van der Waals surface area contributed by atoms with Crippen LogP contribution in [-0.4, -0.2) is 5.84 Å². The number of hydrogen-bond donors (Lipinski definition) is 1. The number of hydrogen-bond acceptors (Lipinski definition) is 2. The highest BCUT2D eigenvalue weighted by Crippen LogP contribution is 2.19. The van der Waals surface area contributed by atoms with Gasteiger partial charge in [-0.2, -0.15) is 0 Å². The minimum atomic E-state index is 0.146. The maximum absolute atomic E-state index is 6.62. The second-order valence-electron chi connectivity index (χ2n) is 1.77. The lowest BCUT2D eigenvalue weighted by Gasteiger charge is -1.82. The number of aliphatic imine (C=N–C) groups is 1. The summed E-state index contributed by atoms with van der Waals surface area (Å²) in [6.07, 6.45) is 0.335. The SMILES string of the molecule is [C-]#[N+]C1=C([N+]#[C-])N=C(N)C1. The summed E-state index contributed by atoms with van der Waals surface area (Å²) < 4.78 is 0. The van der Waals surface area contributed by atoms with Crippen LogP contribution in [0.25, 0.3) is 9.69 Å². The van der Waals surface area contributed by atoms with Crippen LogP contribution in [0, 0.1) is 13.1 Å². The fraction of sp³-hybridized carbons (Fsp3) is 0.167. The van der Waals surface area contributed by atoms with Crippen molar-refractivity contribution >= 4 is 5.84 Å². The molecule has 10 heavy (non-hydrogen) atoms. The predicted molar refractivity (Wildman–Crippen MR) is 36.5 cm³/mol. The zero-order valence-corrected chi connectivity index (χ0v) is 5.13. The van der Waals surface area contributed by atoms with Crippen molar-refractivity contribution < 1.29 is 0 Å². The Hall–Kier alpha value is -1.81. The zero-order chi connectivity index (χ0) is 7.56. The highest BCUT2D eigenvalue weighted by Gasteiger charge is 2.17. The summed E-state index contributed by atoms with van der Waals surface area (Å²) in [7, 11) is 0. The highest BCUT2D eigenvalue weighted by molar-refractivity contribution is 5.87. The van der Waals surface area contributed by atoms with Crippen molar-refractivity contribution in [1.29, 1.82) is 0 Å². The molecule has 0 saturated carbocycles. The van der Waals surface area contributed by atoms with Gasteiger partial charge in [0.15, 0.2) is 5.84 Å². The Morgan fingerprint density at radius 1 is 1.40 bits per heavy atom. The number of amidine groups is 1. The fourth-order valence-corrected chi connectivity index (χ4v) is 0.670. The molecule has 0 saturated heterocycles. The van der Waals surface area contributed by atoms with Crippen molar-refractivity contribution in [2.45, 2.75) is 6.42 Å². The molecule has 1 aliphatic rings. The van der Waals surface area contributed by atoms with Gasteiger partial charge in [0, 0.05) is 0 Å². The summed E-state index contributed by atoms with van der Waals surface area (Å²) in [5, 5.41) is 0. The molecule has 0 fully saturated rings. The molecule has 0 spiro atoms. The Morgan fingerprint density at radius 2 is 2.10 bits per heavy atom. The summed E-state index contributed by atoms with van der Waals surface area (Å²) in [5.74, 6) is 0.504. The topological polar surface area (TPSA) is 47.1 Å². The number of nitrogens with zero attached hydrogens (tertiary/aromatic N) is 3. The lowest BCUT2D eigenvalue weighted by Crippen LogP contribution is -2.07. The van der Waals surface area contributed by atoms with Crippen molar-refractivity contribution in [3.8, 4) is 0 Å². The Labute approximate surface area is 58.3 Å². The molecule has 48 valence electrons. The van der Waals surface area contributed by atoms with Crippen LogP contribution >= 0.6 is 0 Å². The van der Waals surface area contributed by atoms with E-state index in [2.05, 4.69) is 14.7 Å². The van der Waals surface area contributed by atoms with Gasteiger partial charge in [0.2, 0.25) is 5.70 Å². The van der Waals surface area contributed by atoms with Gasteiger partial charge in [-0.25, -0.2) is 0 Å². The van der Waals surface area contributed by atoms with Gasteiger partial charge >= 0.3 is 0 Å². The molecule has 1 rings (SSSR count). The fourth-order valence-electron chi connectivity index (χ4n) is 0.670. The van der Waals surface area contributed by atoms with E-state index in [0.29, 0.717) is 18.0 Å². The van der Waals surface area contributed by atoms with Gasteiger partial charge < -0.3 is 10.6 Å². The molecule has 0 unspecified atom stereocenters. The summed E-state index contributed by atoms with van der Waals surface area (Å²) in [6, 6.07) is 0. The van der Waals surface area contributed by atoms with Crippen LogP contribution in [0.4, 0.5) is 0 Å². The Balaban J connectivity index is 3.01. The molecule has 4 heteroatoms. The van der Waals surface area contributed by atoms with Gasteiger partial charge in [0.25, 0.3) is 5.82 Å². The van der Waals surface area contributed by atoms with Gasteiger partial charge in [0.1, 0.15) is 0 Å². The second-order valence-corrected chi connectivity index (χ2v) is 1.77. The molecule has 0 radical (unpaired) electrons. The normalized spacial score (nSPS) is 16.0. The van der Waals surface area contributed by atoms with E-state index in [1.807, 2.05) is 0 Å². The van der Waals surface area contributed by atoms with E-state index in [1.54, 1.807) is 0 Å². The van der Waals surface area contributed by atoms with E-state index in [1.165, 1.54) is 0 Å². The lowest BCUT2D eigenvalue weighted by molar-refractivity contribution is 1.34. The average molecular weight is 132 g/mol. The van der Waals surface area contributed by atoms with E-state index in [4.69, 9.17) is 18.9 Å². The molecule has 0 aromatic rings. The van der Waals surface area contributed by atoms with Crippen molar-refractivity contribution in [3.05, 3.63) is 34.4 Å². The highest BCUT2D eigenvalue weighted by atomic mass is 15.0. The third kappa shape index (κ3) is 0.828. The Morgan fingerprint density at radius 3 is 2.50 bits per heavy atom. The van der Waals surface area contributed by atoms with Gasteiger partial charge in [-0.15, -0.1) is 4.99 Å². The minimum absolute atomic E-state index is 0.146. The summed E-state index contributed by atoms with van der Waals surface area (Å²) in [6.45, 7) is 13.2. The zero-order valence-electron chi connectivity index (χ0n) is 5.13. The maximum atomic E-state index is 6.62. The van der Waals surface area contributed by atoms with E-state index >= 15 is 0 Å². The van der Waals surface area contributed by atoms with E-state index in [0.717, 1.165) is 0 Å². The molecule has 0 bridgehead atoms. The smallest absolute Gasteiger partial charge is 0.272 e. The van der Waals surface area contributed by atoms with Crippen molar-refractivity contribution in [1.82, 2.24) is 0 Å². The van der Waals surface area contributed by atoms with Crippen LogP contribution < -0.4 is 5.73 Å². The first-order valence-electron chi connectivity index (χ1n) is 2.59. The second kappa shape index (κ2) is 2.20. The number of nitrogens with two attached hydrogens (primary N) is 1. The summed E-state index contributed by atoms with van der Waals surface area (Å²) in [5.41, 5.74) is 5.64. The van der Waals surface area contributed by atoms with Crippen LogP contribution in [-0.2, 0) is 0 Å². The summed E-state index contributed by atoms with van der Waals surface area (Å²) in [4.78, 5) is 9.82. The largest absolute Gasteiger partial charge is 0.371 e. The molecular formula is C6H4N4. The molecule has 1 heterocycles. The standard InChI is InChI=1S/C6H4N4/c1-8-4-3-5(7)10-6(4)9-2/h3H2,(H2,7,10). The monoisotopic (exact) mass is 132 g/mol. The first-order valence-corrected chi connectivity index (χ1v) is 2.59. The quantitative estimate of drug-likeness (QED) is 0.486. The molecule has 0 aliphatic carbocycles. The van der Waals surface area contributed by atoms with Gasteiger partial charge in [-0.1, -0.05) is 6.57 Å².